The van der Waals surface area contributed by atoms with Crippen molar-refractivity contribution >= 4 is 10.9 Å². The van der Waals surface area contributed by atoms with E-state index in [4.69, 9.17) is 5.73 Å². The summed E-state index contributed by atoms with van der Waals surface area (Å²) in [6.07, 6.45) is 3.07. The molecule has 0 saturated carbocycles. The molecule has 0 fully saturated rings. The number of nitrogens with one attached hydrogen (secondary N) is 1. The summed E-state index contributed by atoms with van der Waals surface area (Å²) in [5.74, 6) is 0. The zero-order valence-corrected chi connectivity index (χ0v) is 8.67. The number of H-pyrrole nitrogens is 1. The molecule has 74 valence electrons. The van der Waals surface area contributed by atoms with Gasteiger partial charge >= 0.3 is 0 Å². The molecule has 1 aromatic carbocycles. The van der Waals surface area contributed by atoms with Gasteiger partial charge in [0, 0.05) is 23.1 Å². The molecule has 0 bridgehead atoms. The van der Waals surface area contributed by atoms with Gasteiger partial charge in [-0.15, -0.1) is 0 Å². The molecule has 1 unspecified atom stereocenters. The van der Waals surface area contributed by atoms with E-state index in [1.54, 1.807) is 0 Å². The maximum Gasteiger partial charge on any atom is 0.0489 e. The molecule has 2 heteroatoms. The quantitative estimate of drug-likeness (QED) is 0.747. The number of hydrogen-bond donors (Lipinski definition) is 2. The summed E-state index contributed by atoms with van der Waals surface area (Å²) in [6, 6.07) is 6.48. The van der Waals surface area contributed by atoms with Crippen molar-refractivity contribution in [1.29, 1.82) is 0 Å². The topological polar surface area (TPSA) is 41.8 Å². The average molecular weight is 188 g/mol. The van der Waals surface area contributed by atoms with Crippen LogP contribution in [-0.2, 0) is 6.42 Å². The third-order valence-electron chi connectivity index (χ3n) is 2.71. The number of fused-ring (bicyclic) bond motifs is 1. The van der Waals surface area contributed by atoms with Crippen molar-refractivity contribution in [1.82, 2.24) is 4.98 Å². The molecule has 1 heterocycles. The number of aromatic nitrogens is 1. The van der Waals surface area contributed by atoms with Gasteiger partial charge in [-0.1, -0.05) is 25.1 Å². The summed E-state index contributed by atoms with van der Waals surface area (Å²) < 4.78 is 0. The van der Waals surface area contributed by atoms with Gasteiger partial charge in [0.2, 0.25) is 0 Å². The van der Waals surface area contributed by atoms with E-state index in [2.05, 4.69) is 30.1 Å². The number of aryl methyl sites for hydroxylation is 1. The van der Waals surface area contributed by atoms with Crippen LogP contribution in [0.2, 0.25) is 0 Å². The molecule has 0 spiro atoms. The standard InChI is InChI=1S/C12H16N2/c1-3-9-5-4-6-10-11(8(2)13)7-14-12(9)10/h4-8,14H,3,13H2,1-2H3. The minimum absolute atomic E-state index is 0.0934. The number of nitrogens with two attached hydrogens (primary N) is 1. The zero-order chi connectivity index (χ0) is 10.1. The van der Waals surface area contributed by atoms with Crippen LogP contribution in [0.5, 0.6) is 0 Å². The van der Waals surface area contributed by atoms with Crippen molar-refractivity contribution in [3.05, 3.63) is 35.5 Å². The Bertz CT molecular complexity index is 441. The molecule has 1 aromatic heterocycles. The molecule has 14 heavy (non-hydrogen) atoms. The van der Waals surface area contributed by atoms with Crippen LogP contribution in [0.4, 0.5) is 0 Å². The second-order valence-electron chi connectivity index (χ2n) is 3.73. The van der Waals surface area contributed by atoms with Gasteiger partial charge in [0.25, 0.3) is 0 Å². The summed E-state index contributed by atoms with van der Waals surface area (Å²) in [6.45, 7) is 4.18. The maximum absolute atomic E-state index is 5.90. The predicted molar refractivity (Wildman–Crippen MR) is 60.3 cm³/mol. The molecule has 0 aliphatic carbocycles. The highest BCUT2D eigenvalue weighted by Gasteiger charge is 2.08. The molecule has 2 nitrogen and oxygen atoms in total. The molecule has 0 aliphatic rings. The van der Waals surface area contributed by atoms with E-state index in [0.29, 0.717) is 0 Å². The Morgan fingerprint density at radius 1 is 1.43 bits per heavy atom. The highest BCUT2D eigenvalue weighted by Crippen LogP contribution is 2.25. The first-order chi connectivity index (χ1) is 6.74. The van der Waals surface area contributed by atoms with Gasteiger partial charge < -0.3 is 10.7 Å². The van der Waals surface area contributed by atoms with Gasteiger partial charge in [-0.3, -0.25) is 0 Å². The third-order valence-corrected chi connectivity index (χ3v) is 2.71. The fourth-order valence-corrected chi connectivity index (χ4v) is 1.91. The number of para-hydroxylation sites is 1. The third kappa shape index (κ3) is 1.32. The van der Waals surface area contributed by atoms with E-state index in [1.165, 1.54) is 22.0 Å². The summed E-state index contributed by atoms with van der Waals surface area (Å²) in [5, 5.41) is 1.26. The molecule has 0 amide bonds. The van der Waals surface area contributed by atoms with Crippen LogP contribution in [-0.4, -0.2) is 4.98 Å². The first-order valence-corrected chi connectivity index (χ1v) is 5.08. The minimum atomic E-state index is 0.0934. The lowest BCUT2D eigenvalue weighted by Gasteiger charge is -2.03. The van der Waals surface area contributed by atoms with Crippen LogP contribution in [0.25, 0.3) is 10.9 Å². The number of hydrogen-bond acceptors (Lipinski definition) is 1. The summed E-state index contributed by atoms with van der Waals surface area (Å²) in [4.78, 5) is 3.31. The summed E-state index contributed by atoms with van der Waals surface area (Å²) in [7, 11) is 0. The molecule has 3 N–H and O–H groups in total. The first-order valence-electron chi connectivity index (χ1n) is 5.08. The molecule has 0 radical (unpaired) electrons. The SMILES string of the molecule is CCc1cccc2c(C(C)N)c[nH]c12. The van der Waals surface area contributed by atoms with Gasteiger partial charge in [-0.2, -0.15) is 0 Å². The Kier molecular flexibility index (Phi) is 2.30. The molecule has 2 aromatic rings. The number of rotatable bonds is 2. The van der Waals surface area contributed by atoms with Gasteiger partial charge in [-0.25, -0.2) is 0 Å². The number of benzene rings is 1. The highest BCUT2D eigenvalue weighted by molar-refractivity contribution is 5.86. The zero-order valence-electron chi connectivity index (χ0n) is 8.67. The van der Waals surface area contributed by atoms with Crippen molar-refractivity contribution in [3.63, 3.8) is 0 Å². The number of aromatic amines is 1. The smallest absolute Gasteiger partial charge is 0.0489 e. The molecular formula is C12H16N2. The fraction of sp³-hybridized carbons (Fsp3) is 0.333. The molecule has 1 atom stereocenters. The van der Waals surface area contributed by atoms with Crippen LogP contribution >= 0.6 is 0 Å². The van der Waals surface area contributed by atoms with Crippen LogP contribution in [0.1, 0.15) is 31.0 Å². The van der Waals surface area contributed by atoms with Gasteiger partial charge in [-0.05, 0) is 24.5 Å². The lowest BCUT2D eigenvalue weighted by molar-refractivity contribution is 0.826. The van der Waals surface area contributed by atoms with Crippen molar-refractivity contribution in [2.45, 2.75) is 26.3 Å². The van der Waals surface area contributed by atoms with Crippen molar-refractivity contribution in [2.75, 3.05) is 0 Å². The normalized spacial score (nSPS) is 13.4. The Hall–Kier alpha value is -1.28. The van der Waals surface area contributed by atoms with E-state index >= 15 is 0 Å². The van der Waals surface area contributed by atoms with Crippen LogP contribution < -0.4 is 5.73 Å². The highest BCUT2D eigenvalue weighted by atomic mass is 14.7. The van der Waals surface area contributed by atoms with Crippen LogP contribution in [0, 0.1) is 0 Å². The molecule has 0 saturated heterocycles. The van der Waals surface area contributed by atoms with Crippen molar-refractivity contribution < 1.29 is 0 Å². The molecule has 0 aliphatic heterocycles. The Labute approximate surface area is 84.1 Å². The lowest BCUT2D eigenvalue weighted by Crippen LogP contribution is -2.03. The lowest BCUT2D eigenvalue weighted by atomic mass is 10.0. The van der Waals surface area contributed by atoms with Gasteiger partial charge in [0.05, 0.1) is 0 Å². The first kappa shape index (κ1) is 9.28. The maximum atomic E-state index is 5.90. The molecular weight excluding hydrogens is 172 g/mol. The Morgan fingerprint density at radius 3 is 2.86 bits per heavy atom. The van der Waals surface area contributed by atoms with Crippen LogP contribution in [0.15, 0.2) is 24.4 Å². The minimum Gasteiger partial charge on any atom is -0.361 e. The van der Waals surface area contributed by atoms with Gasteiger partial charge in [0.15, 0.2) is 0 Å². The summed E-state index contributed by atoms with van der Waals surface area (Å²) in [5.41, 5.74) is 9.69. The van der Waals surface area contributed by atoms with E-state index in [-0.39, 0.29) is 6.04 Å². The Balaban J connectivity index is 2.69. The summed E-state index contributed by atoms with van der Waals surface area (Å²) >= 11 is 0. The largest absolute Gasteiger partial charge is 0.361 e. The van der Waals surface area contributed by atoms with E-state index in [9.17, 15) is 0 Å². The van der Waals surface area contributed by atoms with E-state index in [1.807, 2.05) is 13.1 Å². The van der Waals surface area contributed by atoms with Gasteiger partial charge in [0.1, 0.15) is 0 Å². The van der Waals surface area contributed by atoms with E-state index in [0.717, 1.165) is 6.42 Å². The monoisotopic (exact) mass is 188 g/mol. The van der Waals surface area contributed by atoms with Crippen molar-refractivity contribution in [2.24, 2.45) is 5.73 Å². The molecule has 2 rings (SSSR count). The van der Waals surface area contributed by atoms with E-state index < -0.39 is 0 Å². The predicted octanol–water partition coefficient (Wildman–Crippen LogP) is 2.75. The average Bonchev–Trinajstić information content (AvgIpc) is 2.60. The fourth-order valence-electron chi connectivity index (χ4n) is 1.91. The second-order valence-corrected chi connectivity index (χ2v) is 3.73. The second kappa shape index (κ2) is 3.46. The van der Waals surface area contributed by atoms with Crippen molar-refractivity contribution in [3.8, 4) is 0 Å². The van der Waals surface area contributed by atoms with Crippen LogP contribution in [0.3, 0.4) is 0 Å². The Morgan fingerprint density at radius 2 is 2.21 bits per heavy atom.